The number of hydrogen-bond donors (Lipinski definition) is 4. The summed E-state index contributed by atoms with van der Waals surface area (Å²) in [5, 5.41) is 17.1. The largest absolute Gasteiger partial charge is 0.396 e. The Hall–Kier alpha value is -1.14. The molecule has 0 aromatic carbocycles. The van der Waals surface area contributed by atoms with Crippen LogP contribution in [0.15, 0.2) is 0 Å². The molecule has 0 bridgehead atoms. The standard InChI is InChI=1S/2C6H13NO2/c1-6(2,4-8)3-5(7)9;1-6(2,3-4-8)5(7)9/h2*8H,3-4H2,1-2H3,(H2,7,9). The third-order valence-corrected chi connectivity index (χ3v) is 2.48. The van der Waals surface area contributed by atoms with E-state index < -0.39 is 5.41 Å². The van der Waals surface area contributed by atoms with E-state index in [2.05, 4.69) is 0 Å². The van der Waals surface area contributed by atoms with Gasteiger partial charge in [-0.05, 0) is 11.8 Å². The van der Waals surface area contributed by atoms with Crippen molar-refractivity contribution in [2.75, 3.05) is 13.2 Å². The van der Waals surface area contributed by atoms with E-state index in [1.165, 1.54) is 0 Å². The Morgan fingerprint density at radius 1 is 1.06 bits per heavy atom. The van der Waals surface area contributed by atoms with Crippen LogP contribution in [0.3, 0.4) is 0 Å². The average Bonchev–Trinajstić information content (AvgIpc) is 2.16. The van der Waals surface area contributed by atoms with E-state index in [1.54, 1.807) is 27.7 Å². The van der Waals surface area contributed by atoms with E-state index in [1.807, 2.05) is 0 Å². The smallest absolute Gasteiger partial charge is 0.223 e. The van der Waals surface area contributed by atoms with Gasteiger partial charge in [-0.1, -0.05) is 27.7 Å². The van der Waals surface area contributed by atoms with Gasteiger partial charge in [0.1, 0.15) is 0 Å². The number of rotatable bonds is 6. The molecule has 0 unspecified atom stereocenters. The lowest BCUT2D eigenvalue weighted by Gasteiger charge is -2.18. The molecule has 18 heavy (non-hydrogen) atoms. The second-order valence-electron chi connectivity index (χ2n) is 5.69. The molecule has 0 saturated carbocycles. The Morgan fingerprint density at radius 2 is 1.50 bits per heavy atom. The zero-order valence-corrected chi connectivity index (χ0v) is 11.7. The normalized spacial score (nSPS) is 11.4. The summed E-state index contributed by atoms with van der Waals surface area (Å²) in [4.78, 5) is 20.8. The summed E-state index contributed by atoms with van der Waals surface area (Å²) in [5.74, 6) is -0.731. The van der Waals surface area contributed by atoms with Gasteiger partial charge >= 0.3 is 0 Å². The van der Waals surface area contributed by atoms with Crippen LogP contribution < -0.4 is 11.5 Å². The summed E-state index contributed by atoms with van der Waals surface area (Å²) in [6, 6.07) is 0. The molecule has 0 saturated heterocycles. The van der Waals surface area contributed by atoms with E-state index in [0.717, 1.165) is 0 Å². The molecule has 0 aromatic heterocycles. The van der Waals surface area contributed by atoms with Gasteiger partial charge in [0.2, 0.25) is 11.8 Å². The first-order valence-corrected chi connectivity index (χ1v) is 5.78. The second kappa shape index (κ2) is 8.05. The van der Waals surface area contributed by atoms with Gasteiger partial charge in [0.25, 0.3) is 0 Å². The van der Waals surface area contributed by atoms with Crippen LogP contribution in [-0.2, 0) is 9.59 Å². The fourth-order valence-corrected chi connectivity index (χ4v) is 0.930. The van der Waals surface area contributed by atoms with Gasteiger partial charge in [0.05, 0.1) is 0 Å². The van der Waals surface area contributed by atoms with E-state index in [-0.39, 0.29) is 36.9 Å². The Kier molecular flexibility index (Phi) is 8.59. The Labute approximate surface area is 108 Å². The Bertz CT molecular complexity index is 275. The molecule has 108 valence electrons. The van der Waals surface area contributed by atoms with Crippen LogP contribution in [0.25, 0.3) is 0 Å². The number of aliphatic hydroxyl groups excluding tert-OH is 2. The summed E-state index contributed by atoms with van der Waals surface area (Å²) < 4.78 is 0. The lowest BCUT2D eigenvalue weighted by molar-refractivity contribution is -0.126. The highest BCUT2D eigenvalue weighted by molar-refractivity contribution is 5.79. The van der Waals surface area contributed by atoms with Crippen LogP contribution in [0.5, 0.6) is 0 Å². The first kappa shape index (κ1) is 19.2. The molecule has 6 N–H and O–H groups in total. The first-order chi connectivity index (χ1) is 7.98. The summed E-state index contributed by atoms with van der Waals surface area (Å²) in [7, 11) is 0. The predicted octanol–water partition coefficient (Wildman–Crippen LogP) is -0.239. The monoisotopic (exact) mass is 262 g/mol. The maximum atomic E-state index is 10.5. The highest BCUT2D eigenvalue weighted by Gasteiger charge is 2.23. The van der Waals surface area contributed by atoms with E-state index in [9.17, 15) is 9.59 Å². The van der Waals surface area contributed by atoms with Crippen molar-refractivity contribution in [1.82, 2.24) is 0 Å². The molecule has 0 rings (SSSR count). The molecule has 0 aliphatic heterocycles. The summed E-state index contributed by atoms with van der Waals surface area (Å²) in [5.41, 5.74) is 8.99. The maximum absolute atomic E-state index is 10.5. The molecule has 0 aliphatic carbocycles. The van der Waals surface area contributed by atoms with E-state index in [0.29, 0.717) is 6.42 Å². The van der Waals surface area contributed by atoms with Gasteiger partial charge < -0.3 is 21.7 Å². The van der Waals surface area contributed by atoms with Crippen molar-refractivity contribution in [3.05, 3.63) is 0 Å². The third-order valence-electron chi connectivity index (χ3n) is 2.48. The predicted molar refractivity (Wildman–Crippen MR) is 69.4 cm³/mol. The van der Waals surface area contributed by atoms with Crippen molar-refractivity contribution < 1.29 is 19.8 Å². The minimum Gasteiger partial charge on any atom is -0.396 e. The number of nitrogens with two attached hydrogens (primary N) is 2. The van der Waals surface area contributed by atoms with Crippen molar-refractivity contribution in [3.63, 3.8) is 0 Å². The van der Waals surface area contributed by atoms with Gasteiger partial charge in [-0.25, -0.2) is 0 Å². The number of primary amides is 2. The minimum atomic E-state index is -0.561. The van der Waals surface area contributed by atoms with Gasteiger partial charge in [0, 0.05) is 25.0 Å². The van der Waals surface area contributed by atoms with Crippen LogP contribution in [0.4, 0.5) is 0 Å². The highest BCUT2D eigenvalue weighted by Crippen LogP contribution is 2.18. The summed E-state index contributed by atoms with van der Waals surface area (Å²) in [6.45, 7) is 7.01. The van der Waals surface area contributed by atoms with Crippen molar-refractivity contribution >= 4 is 11.8 Å². The average molecular weight is 262 g/mol. The molecule has 0 radical (unpaired) electrons. The lowest BCUT2D eigenvalue weighted by Crippen LogP contribution is -2.32. The number of carbonyl (C=O) groups is 2. The van der Waals surface area contributed by atoms with Crippen LogP contribution in [-0.4, -0.2) is 35.2 Å². The third kappa shape index (κ3) is 10.0. The van der Waals surface area contributed by atoms with Gasteiger partial charge in [-0.2, -0.15) is 0 Å². The lowest BCUT2D eigenvalue weighted by atomic mass is 9.89. The minimum absolute atomic E-state index is 0.00403. The highest BCUT2D eigenvalue weighted by atomic mass is 16.3. The number of amides is 2. The van der Waals surface area contributed by atoms with Crippen LogP contribution in [0.2, 0.25) is 0 Å². The molecule has 0 spiro atoms. The molecule has 0 atom stereocenters. The fraction of sp³-hybridized carbons (Fsp3) is 0.833. The molecule has 6 nitrogen and oxygen atoms in total. The van der Waals surface area contributed by atoms with Crippen molar-refractivity contribution in [3.8, 4) is 0 Å². The van der Waals surface area contributed by atoms with Gasteiger partial charge in [-0.3, -0.25) is 9.59 Å². The molecule has 0 aromatic rings. The SMILES string of the molecule is CC(C)(CCO)C(N)=O.CC(C)(CO)CC(N)=O. The summed E-state index contributed by atoms with van der Waals surface area (Å²) >= 11 is 0. The first-order valence-electron chi connectivity index (χ1n) is 5.78. The van der Waals surface area contributed by atoms with Crippen molar-refractivity contribution in [1.29, 1.82) is 0 Å². The van der Waals surface area contributed by atoms with E-state index >= 15 is 0 Å². The van der Waals surface area contributed by atoms with Crippen LogP contribution in [0.1, 0.15) is 40.5 Å². The van der Waals surface area contributed by atoms with Crippen LogP contribution in [0, 0.1) is 10.8 Å². The summed E-state index contributed by atoms with van der Waals surface area (Å²) in [6.07, 6.45) is 0.672. The van der Waals surface area contributed by atoms with Crippen molar-refractivity contribution in [2.24, 2.45) is 22.3 Å². The quantitative estimate of drug-likeness (QED) is 0.527. The maximum Gasteiger partial charge on any atom is 0.223 e. The number of carbonyl (C=O) groups excluding carboxylic acids is 2. The van der Waals surface area contributed by atoms with Gasteiger partial charge in [-0.15, -0.1) is 0 Å². The Morgan fingerprint density at radius 3 is 1.61 bits per heavy atom. The topological polar surface area (TPSA) is 127 Å². The Balaban J connectivity index is 0. The number of aliphatic hydroxyl groups is 2. The van der Waals surface area contributed by atoms with Gasteiger partial charge in [0.15, 0.2) is 0 Å². The molecule has 0 aliphatic rings. The second-order valence-corrected chi connectivity index (χ2v) is 5.69. The number of hydrogen-bond acceptors (Lipinski definition) is 4. The molecule has 6 heteroatoms. The van der Waals surface area contributed by atoms with Crippen molar-refractivity contribution in [2.45, 2.75) is 40.5 Å². The molecular formula is C12H26N2O4. The zero-order valence-electron chi connectivity index (χ0n) is 11.7. The zero-order chi connectivity index (χ0) is 15.0. The fourth-order valence-electron chi connectivity index (χ4n) is 0.930. The van der Waals surface area contributed by atoms with E-state index in [4.69, 9.17) is 21.7 Å². The van der Waals surface area contributed by atoms with Crippen LogP contribution >= 0.6 is 0 Å². The molecular weight excluding hydrogens is 236 g/mol. The molecule has 0 fully saturated rings. The molecule has 2 amide bonds. The molecule has 0 heterocycles.